The second kappa shape index (κ2) is 7.14. The molecule has 0 aromatic carbocycles. The van der Waals surface area contributed by atoms with Crippen molar-refractivity contribution < 1.29 is 14.3 Å². The molecule has 2 bridgehead atoms. The van der Waals surface area contributed by atoms with Gasteiger partial charge in [0.2, 0.25) is 4.38 Å². The number of thiol groups is 1. The molecule has 2 saturated carbocycles. The van der Waals surface area contributed by atoms with Crippen LogP contribution < -0.4 is 0 Å². The predicted molar refractivity (Wildman–Crippen MR) is 92.5 cm³/mol. The van der Waals surface area contributed by atoms with E-state index in [4.69, 9.17) is 4.74 Å². The summed E-state index contributed by atoms with van der Waals surface area (Å²) in [4.78, 5) is 11.3. The molecule has 5 heteroatoms. The van der Waals surface area contributed by atoms with Crippen LogP contribution in [0.5, 0.6) is 0 Å². The molecule has 0 unspecified atom stereocenters. The number of ether oxygens (including phenoxy) is 2. The molecule has 0 spiro atoms. The number of fused-ring (bicyclic) bond motifs is 2. The first-order valence-corrected chi connectivity index (χ1v) is 8.23. The molecule has 2 aliphatic carbocycles. The van der Waals surface area contributed by atoms with Gasteiger partial charge in [0.1, 0.15) is 6.10 Å². The largest absolute Gasteiger partial charge is 0.479 e. The maximum atomic E-state index is 11.3. The van der Waals surface area contributed by atoms with E-state index in [-0.39, 0.29) is 17.5 Å². The lowest BCUT2D eigenvalue weighted by atomic mass is 9.70. The van der Waals surface area contributed by atoms with Crippen molar-refractivity contribution in [1.82, 2.24) is 0 Å². The van der Waals surface area contributed by atoms with Gasteiger partial charge in [-0.2, -0.15) is 0 Å². The Bertz CT molecular complexity index is 420. The zero-order valence-electron chi connectivity index (χ0n) is 13.3. The second-order valence-corrected chi connectivity index (χ2v) is 7.52. The van der Waals surface area contributed by atoms with E-state index in [0.29, 0.717) is 22.3 Å². The summed E-state index contributed by atoms with van der Waals surface area (Å²) in [6.45, 7) is 12.8. The van der Waals surface area contributed by atoms with E-state index in [2.05, 4.69) is 56.9 Å². The van der Waals surface area contributed by atoms with Crippen molar-refractivity contribution in [2.75, 3.05) is 6.61 Å². The van der Waals surface area contributed by atoms with Crippen molar-refractivity contribution >= 4 is 35.2 Å². The Kier molecular flexibility index (Phi) is 6.29. The average molecular weight is 331 g/mol. The fourth-order valence-electron chi connectivity index (χ4n) is 3.62. The van der Waals surface area contributed by atoms with Gasteiger partial charge in [-0.25, -0.2) is 4.79 Å². The summed E-state index contributed by atoms with van der Waals surface area (Å²) in [7, 11) is 0. The third-order valence-electron chi connectivity index (χ3n) is 5.41. The van der Waals surface area contributed by atoms with Crippen LogP contribution in [0.4, 0.5) is 0 Å². The van der Waals surface area contributed by atoms with Crippen LogP contribution >= 0.6 is 24.8 Å². The van der Waals surface area contributed by atoms with Gasteiger partial charge in [-0.05, 0) is 49.7 Å². The Morgan fingerprint density at radius 3 is 2.38 bits per heavy atom. The molecule has 2 aliphatic rings. The fraction of sp³-hybridized carbons (Fsp3) is 0.750. The van der Waals surface area contributed by atoms with Gasteiger partial charge in [0.05, 0.1) is 6.61 Å². The molecule has 0 N–H and O–H groups in total. The first-order chi connectivity index (χ1) is 9.68. The van der Waals surface area contributed by atoms with E-state index >= 15 is 0 Å². The number of esters is 1. The number of rotatable bonds is 3. The normalized spacial score (nSPS) is 31.9. The summed E-state index contributed by atoms with van der Waals surface area (Å²) in [5, 5.41) is 0. The van der Waals surface area contributed by atoms with Gasteiger partial charge in [-0.1, -0.05) is 40.0 Å². The van der Waals surface area contributed by atoms with E-state index in [1.807, 2.05) is 6.92 Å². The zero-order chi connectivity index (χ0) is 16.3. The lowest BCUT2D eigenvalue weighted by molar-refractivity contribution is -0.150. The van der Waals surface area contributed by atoms with Crippen LogP contribution in [0.25, 0.3) is 0 Å². The van der Waals surface area contributed by atoms with Crippen molar-refractivity contribution in [1.29, 1.82) is 0 Å². The molecule has 2 rings (SSSR count). The van der Waals surface area contributed by atoms with Gasteiger partial charge >= 0.3 is 5.97 Å². The minimum atomic E-state index is -0.274. The summed E-state index contributed by atoms with van der Waals surface area (Å²) in [5.41, 5.74) is 0.468. The molecule has 2 fully saturated rings. The average Bonchev–Trinajstić information content (AvgIpc) is 2.72. The van der Waals surface area contributed by atoms with E-state index in [9.17, 15) is 4.79 Å². The Morgan fingerprint density at radius 1 is 1.48 bits per heavy atom. The van der Waals surface area contributed by atoms with Gasteiger partial charge in [0, 0.05) is 11.5 Å². The van der Waals surface area contributed by atoms with E-state index in [0.717, 1.165) is 6.42 Å². The molecular formula is C16H26O3S2. The summed E-state index contributed by atoms with van der Waals surface area (Å²) < 4.78 is 10.4. The predicted octanol–water partition coefficient (Wildman–Crippen LogP) is 4.17. The van der Waals surface area contributed by atoms with Crippen LogP contribution in [0.3, 0.4) is 0 Å². The highest BCUT2D eigenvalue weighted by Gasteiger charge is 2.62. The standard InChI is InChI=1S/C13H20O2.C3H6OS2/c1-5-11(14)15-10-8-9-6-7-13(10,4)12(9,2)3;1-2-4-3(5)6/h5,9-10H,1,6-8H2,2-4H3;2H2,1H3,(H,5,6)/t9-,10-,13+;/m0./s1. The monoisotopic (exact) mass is 330 g/mol. The fourth-order valence-corrected chi connectivity index (χ4v) is 3.87. The van der Waals surface area contributed by atoms with E-state index in [1.165, 1.54) is 18.9 Å². The molecule has 0 aliphatic heterocycles. The van der Waals surface area contributed by atoms with Crippen molar-refractivity contribution in [3.63, 3.8) is 0 Å². The summed E-state index contributed by atoms with van der Waals surface area (Å²) >= 11 is 8.12. The number of thiocarbonyl (C=S) groups is 1. The Balaban J connectivity index is 0.000000315. The molecule has 0 radical (unpaired) electrons. The minimum Gasteiger partial charge on any atom is -0.479 e. The highest BCUT2D eigenvalue weighted by molar-refractivity contribution is 8.10. The highest BCUT2D eigenvalue weighted by Crippen LogP contribution is 2.66. The molecule has 0 aromatic heterocycles. The van der Waals surface area contributed by atoms with Gasteiger partial charge in [0.25, 0.3) is 0 Å². The number of hydrogen-bond donors (Lipinski definition) is 1. The van der Waals surface area contributed by atoms with Gasteiger partial charge in [0.15, 0.2) is 0 Å². The van der Waals surface area contributed by atoms with Crippen LogP contribution in [-0.4, -0.2) is 23.1 Å². The Hall–Kier alpha value is -0.550. The highest BCUT2D eigenvalue weighted by atomic mass is 32.1. The Labute approximate surface area is 138 Å². The smallest absolute Gasteiger partial charge is 0.330 e. The maximum absolute atomic E-state index is 11.3. The minimum absolute atomic E-state index is 0.0942. The third kappa shape index (κ3) is 3.81. The van der Waals surface area contributed by atoms with Crippen LogP contribution in [0.1, 0.15) is 47.0 Å². The molecule has 21 heavy (non-hydrogen) atoms. The number of carbonyl (C=O) groups excluding carboxylic acids is 1. The van der Waals surface area contributed by atoms with Gasteiger partial charge < -0.3 is 9.47 Å². The molecule has 0 saturated heterocycles. The second-order valence-electron chi connectivity index (χ2n) is 6.44. The zero-order valence-corrected chi connectivity index (χ0v) is 15.1. The number of hydrogen-bond acceptors (Lipinski definition) is 4. The maximum Gasteiger partial charge on any atom is 0.330 e. The van der Waals surface area contributed by atoms with Crippen LogP contribution in [0.2, 0.25) is 0 Å². The van der Waals surface area contributed by atoms with Crippen molar-refractivity contribution in [3.05, 3.63) is 12.7 Å². The lowest BCUT2D eigenvalue weighted by Gasteiger charge is -2.38. The van der Waals surface area contributed by atoms with Crippen molar-refractivity contribution in [2.24, 2.45) is 16.7 Å². The van der Waals surface area contributed by atoms with Crippen LogP contribution in [-0.2, 0) is 14.3 Å². The SMILES string of the molecule is C=CC(=O)O[C@H]1C[C@@H]2CC[C@@]1(C)C2(C)C.CCOC(=S)S. The van der Waals surface area contributed by atoms with Gasteiger partial charge in [-0.15, -0.1) is 0 Å². The molecule has 0 heterocycles. The summed E-state index contributed by atoms with van der Waals surface area (Å²) in [6.07, 6.45) is 4.85. The molecular weight excluding hydrogens is 304 g/mol. The van der Waals surface area contributed by atoms with E-state index in [1.54, 1.807) is 0 Å². The Morgan fingerprint density at radius 2 is 2.10 bits per heavy atom. The molecule has 0 amide bonds. The number of carbonyl (C=O) groups is 1. The third-order valence-corrected chi connectivity index (χ3v) is 5.65. The van der Waals surface area contributed by atoms with Gasteiger partial charge in [-0.3, -0.25) is 0 Å². The summed E-state index contributed by atoms with van der Waals surface area (Å²) in [5.74, 6) is 0.440. The lowest BCUT2D eigenvalue weighted by Crippen LogP contribution is -2.38. The molecule has 120 valence electrons. The van der Waals surface area contributed by atoms with Crippen LogP contribution in [0, 0.1) is 16.7 Å². The van der Waals surface area contributed by atoms with Crippen molar-refractivity contribution in [2.45, 2.75) is 53.1 Å². The van der Waals surface area contributed by atoms with Crippen LogP contribution in [0.15, 0.2) is 12.7 Å². The molecule has 0 aromatic rings. The summed E-state index contributed by atoms with van der Waals surface area (Å²) in [6, 6.07) is 0. The first kappa shape index (κ1) is 18.5. The van der Waals surface area contributed by atoms with Crippen molar-refractivity contribution in [3.8, 4) is 0 Å². The molecule has 3 nitrogen and oxygen atoms in total. The topological polar surface area (TPSA) is 35.5 Å². The molecule has 3 atom stereocenters. The van der Waals surface area contributed by atoms with E-state index < -0.39 is 0 Å². The first-order valence-electron chi connectivity index (χ1n) is 7.37. The quantitative estimate of drug-likeness (QED) is 0.365.